The number of hydrogen-bond donors (Lipinski definition) is 0. The fourth-order valence-corrected chi connectivity index (χ4v) is 5.73. The van der Waals surface area contributed by atoms with Crippen LogP contribution in [0.15, 0.2) is 66.2 Å². The van der Waals surface area contributed by atoms with Gasteiger partial charge in [0.2, 0.25) is 5.91 Å². The van der Waals surface area contributed by atoms with Crippen molar-refractivity contribution in [3.8, 4) is 0 Å². The molecule has 4 rings (SSSR count). The lowest BCUT2D eigenvalue weighted by atomic mass is 9.67. The van der Waals surface area contributed by atoms with Gasteiger partial charge in [-0.15, -0.1) is 6.58 Å². The van der Waals surface area contributed by atoms with Crippen LogP contribution in [-0.2, 0) is 9.53 Å². The number of benzene rings is 2. The lowest BCUT2D eigenvalue weighted by molar-refractivity contribution is -0.150. The van der Waals surface area contributed by atoms with Crippen molar-refractivity contribution in [2.75, 3.05) is 13.2 Å². The fourth-order valence-electron chi connectivity index (χ4n) is 5.40. The molecule has 0 saturated carbocycles. The molecule has 6 heteroatoms. The lowest BCUT2D eigenvalue weighted by Crippen LogP contribution is -2.52. The van der Waals surface area contributed by atoms with E-state index in [4.69, 9.17) is 27.9 Å². The number of hydrogen-bond acceptors (Lipinski definition) is 3. The van der Waals surface area contributed by atoms with E-state index in [1.54, 1.807) is 0 Å². The maximum atomic E-state index is 14.0. The molecular formula is C29H34Cl2N2O2. The molecule has 1 fully saturated rings. The highest BCUT2D eigenvalue weighted by Gasteiger charge is 2.48. The van der Waals surface area contributed by atoms with Crippen molar-refractivity contribution in [3.63, 3.8) is 0 Å². The number of amides is 1. The summed E-state index contributed by atoms with van der Waals surface area (Å²) in [6.07, 6.45) is 4.68. The van der Waals surface area contributed by atoms with Gasteiger partial charge in [-0.05, 0) is 68.5 Å². The molecule has 0 aromatic heterocycles. The van der Waals surface area contributed by atoms with Crippen molar-refractivity contribution >= 4 is 35.0 Å². The van der Waals surface area contributed by atoms with Crippen molar-refractivity contribution < 1.29 is 9.53 Å². The molecular weight excluding hydrogens is 479 g/mol. The Hall–Kier alpha value is -2.30. The van der Waals surface area contributed by atoms with Gasteiger partial charge in [-0.2, -0.15) is 0 Å². The average Bonchev–Trinajstić information content (AvgIpc) is 3.16. The van der Waals surface area contributed by atoms with Crippen LogP contribution in [0.3, 0.4) is 0 Å². The number of piperidine rings is 1. The molecule has 2 heterocycles. The number of rotatable bonds is 8. The van der Waals surface area contributed by atoms with Crippen LogP contribution in [0.1, 0.15) is 69.5 Å². The predicted molar refractivity (Wildman–Crippen MR) is 144 cm³/mol. The third kappa shape index (κ3) is 5.76. The highest BCUT2D eigenvalue weighted by molar-refractivity contribution is 6.30. The second-order valence-corrected chi connectivity index (χ2v) is 11.5. The Labute approximate surface area is 219 Å². The summed E-state index contributed by atoms with van der Waals surface area (Å²) in [5.74, 6) is 1.02. The minimum absolute atomic E-state index is 0.0801. The topological polar surface area (TPSA) is 41.9 Å². The number of aliphatic imine (C=N–C) groups is 1. The SMILES string of the molecule is C=CC[C@@]1(C)C[C@H](c2cccc(Cl)c2)[C@@H](c2ccc(Cl)cc2)N(CCCC2=NC(C)(C)CO2)C1=O. The van der Waals surface area contributed by atoms with Gasteiger partial charge in [0.1, 0.15) is 6.61 Å². The van der Waals surface area contributed by atoms with E-state index in [1.165, 1.54) is 0 Å². The van der Waals surface area contributed by atoms with Crippen LogP contribution >= 0.6 is 23.2 Å². The van der Waals surface area contributed by atoms with E-state index >= 15 is 0 Å². The van der Waals surface area contributed by atoms with Crippen LogP contribution in [0, 0.1) is 5.41 Å². The van der Waals surface area contributed by atoms with Crippen LogP contribution in [0.2, 0.25) is 10.0 Å². The molecule has 2 aromatic rings. The Morgan fingerprint density at radius 3 is 2.49 bits per heavy atom. The van der Waals surface area contributed by atoms with Gasteiger partial charge < -0.3 is 9.64 Å². The molecule has 2 aromatic carbocycles. The number of allylic oxidation sites excluding steroid dienone is 1. The van der Waals surface area contributed by atoms with E-state index in [9.17, 15) is 4.79 Å². The van der Waals surface area contributed by atoms with E-state index in [0.717, 1.165) is 23.4 Å². The maximum Gasteiger partial charge on any atom is 0.229 e. The number of nitrogens with zero attached hydrogens (tertiary/aromatic N) is 2. The first kappa shape index (κ1) is 25.8. The average molecular weight is 514 g/mol. The molecule has 186 valence electrons. The molecule has 35 heavy (non-hydrogen) atoms. The Bertz CT molecular complexity index is 1110. The van der Waals surface area contributed by atoms with Gasteiger partial charge in [0.25, 0.3) is 0 Å². The predicted octanol–water partition coefficient (Wildman–Crippen LogP) is 7.62. The Kier molecular flexibility index (Phi) is 7.63. The summed E-state index contributed by atoms with van der Waals surface area (Å²) < 4.78 is 5.80. The van der Waals surface area contributed by atoms with Gasteiger partial charge in [0, 0.05) is 28.9 Å². The molecule has 2 aliphatic heterocycles. The first-order valence-corrected chi connectivity index (χ1v) is 13.0. The summed E-state index contributed by atoms with van der Waals surface area (Å²) in [4.78, 5) is 20.8. The van der Waals surface area contributed by atoms with E-state index in [0.29, 0.717) is 42.5 Å². The molecule has 3 atom stereocenters. The molecule has 0 N–H and O–H groups in total. The van der Waals surface area contributed by atoms with E-state index in [2.05, 4.69) is 43.3 Å². The van der Waals surface area contributed by atoms with Crippen molar-refractivity contribution in [1.29, 1.82) is 0 Å². The van der Waals surface area contributed by atoms with Crippen molar-refractivity contribution in [2.45, 2.75) is 64.0 Å². The van der Waals surface area contributed by atoms with Crippen LogP contribution in [0.5, 0.6) is 0 Å². The number of carbonyl (C=O) groups is 1. The zero-order valence-electron chi connectivity index (χ0n) is 20.8. The van der Waals surface area contributed by atoms with Crippen molar-refractivity contribution in [2.24, 2.45) is 10.4 Å². The summed E-state index contributed by atoms with van der Waals surface area (Å²) in [6, 6.07) is 15.8. The van der Waals surface area contributed by atoms with Gasteiger partial charge in [-0.1, -0.05) is 60.5 Å². The Balaban J connectivity index is 1.71. The van der Waals surface area contributed by atoms with E-state index in [-0.39, 0.29) is 23.4 Å². The van der Waals surface area contributed by atoms with Crippen LogP contribution in [0.4, 0.5) is 0 Å². The standard InChI is InChI=1S/C29H34Cl2N2O2/c1-5-15-29(4)18-24(21-8-6-9-23(31)17-21)26(20-11-13-22(30)14-12-20)33(27(29)34)16-7-10-25-32-28(2,3)19-35-25/h5-6,8-9,11-14,17,24,26H,1,7,10,15-16,18-19H2,2-4H3/t24-,26-,29+/m1/s1. The molecule has 1 saturated heterocycles. The Morgan fingerprint density at radius 2 is 1.86 bits per heavy atom. The van der Waals surface area contributed by atoms with Crippen LogP contribution in [0.25, 0.3) is 0 Å². The molecule has 1 amide bonds. The number of likely N-dealkylation sites (tertiary alicyclic amines) is 1. The van der Waals surface area contributed by atoms with Crippen LogP contribution < -0.4 is 0 Å². The summed E-state index contributed by atoms with van der Waals surface area (Å²) in [7, 11) is 0. The van der Waals surface area contributed by atoms with Crippen molar-refractivity contribution in [1.82, 2.24) is 4.90 Å². The van der Waals surface area contributed by atoms with Crippen LogP contribution in [-0.4, -0.2) is 35.4 Å². The largest absolute Gasteiger partial charge is 0.478 e. The third-order valence-corrected chi connectivity index (χ3v) is 7.54. The van der Waals surface area contributed by atoms with Crippen molar-refractivity contribution in [3.05, 3.63) is 82.4 Å². The molecule has 0 spiro atoms. The van der Waals surface area contributed by atoms with Gasteiger partial charge in [-0.3, -0.25) is 4.79 Å². The van der Waals surface area contributed by atoms with Gasteiger partial charge in [-0.25, -0.2) is 4.99 Å². The summed E-state index contributed by atoms with van der Waals surface area (Å²) >= 11 is 12.6. The second-order valence-electron chi connectivity index (χ2n) is 10.6. The molecule has 0 aliphatic carbocycles. The molecule has 0 radical (unpaired) electrons. The smallest absolute Gasteiger partial charge is 0.229 e. The first-order chi connectivity index (χ1) is 16.6. The zero-order valence-corrected chi connectivity index (χ0v) is 22.3. The summed E-state index contributed by atoms with van der Waals surface area (Å²) in [6.45, 7) is 11.4. The number of ether oxygens (including phenoxy) is 1. The molecule has 2 aliphatic rings. The lowest BCUT2D eigenvalue weighted by Gasteiger charge is -2.49. The van der Waals surface area contributed by atoms with E-state index < -0.39 is 5.41 Å². The summed E-state index contributed by atoms with van der Waals surface area (Å²) in [5.41, 5.74) is 1.49. The highest BCUT2D eigenvalue weighted by atomic mass is 35.5. The number of carbonyl (C=O) groups excluding carboxylic acids is 1. The third-order valence-electron chi connectivity index (χ3n) is 7.06. The molecule has 0 unspecified atom stereocenters. The molecule has 0 bridgehead atoms. The Morgan fingerprint density at radius 1 is 1.11 bits per heavy atom. The molecule has 4 nitrogen and oxygen atoms in total. The maximum absolute atomic E-state index is 14.0. The second kappa shape index (κ2) is 10.4. The first-order valence-electron chi connectivity index (χ1n) is 12.3. The highest BCUT2D eigenvalue weighted by Crippen LogP contribution is 2.51. The van der Waals surface area contributed by atoms with Gasteiger partial charge in [0.15, 0.2) is 5.90 Å². The van der Waals surface area contributed by atoms with Gasteiger partial charge >= 0.3 is 0 Å². The quantitative estimate of drug-likeness (QED) is 0.341. The summed E-state index contributed by atoms with van der Waals surface area (Å²) in [5, 5.41) is 1.38. The number of halogens is 2. The monoisotopic (exact) mass is 512 g/mol. The minimum Gasteiger partial charge on any atom is -0.478 e. The fraction of sp³-hybridized carbons (Fsp3) is 0.448. The minimum atomic E-state index is -0.541. The zero-order chi connectivity index (χ0) is 25.2. The van der Waals surface area contributed by atoms with E-state index in [1.807, 2.05) is 48.5 Å². The normalized spacial score (nSPS) is 25.8. The van der Waals surface area contributed by atoms with Gasteiger partial charge in [0.05, 0.1) is 17.0 Å².